The van der Waals surface area contributed by atoms with Crippen molar-refractivity contribution in [2.24, 2.45) is 0 Å². The van der Waals surface area contributed by atoms with Gasteiger partial charge < -0.3 is 9.64 Å². The van der Waals surface area contributed by atoms with Gasteiger partial charge >= 0.3 is 12.5 Å². The molecule has 0 radical (unpaired) electrons. The van der Waals surface area contributed by atoms with Crippen molar-refractivity contribution in [2.45, 2.75) is 50.4 Å². The van der Waals surface area contributed by atoms with Crippen LogP contribution in [0.25, 0.3) is 0 Å². The highest BCUT2D eigenvalue weighted by Gasteiger charge is 2.44. The second kappa shape index (κ2) is 10.2. The molecule has 202 valence electrons. The molecule has 1 fully saturated rings. The molecule has 1 aliphatic rings. The Bertz CT molecular complexity index is 1290. The van der Waals surface area contributed by atoms with Gasteiger partial charge in [-0.05, 0) is 73.9 Å². The molecule has 1 N–H and O–H groups in total. The standard InChI is InChI=1S/C26H22BrF6N3O2/c1-24(2,16-6-11-22(34-14-16)25(28,29)30)35-20-13-21(15-4-3-5-19(12-15)38-26(31,32)33)36(23(20)37)18-9-7-17(27)8-10-18/h3-12,14,20-21,35H,13H2,1-2H3/t20-,21-/m1/s1. The molecular weight excluding hydrogens is 580 g/mol. The van der Waals surface area contributed by atoms with E-state index in [9.17, 15) is 31.1 Å². The maximum Gasteiger partial charge on any atom is 0.573 e. The van der Waals surface area contributed by atoms with E-state index in [2.05, 4.69) is 31.0 Å². The van der Waals surface area contributed by atoms with Gasteiger partial charge in [-0.15, -0.1) is 13.2 Å². The summed E-state index contributed by atoms with van der Waals surface area (Å²) in [4.78, 5) is 18.7. The highest BCUT2D eigenvalue weighted by Crippen LogP contribution is 2.40. The number of ether oxygens (including phenoxy) is 1. The monoisotopic (exact) mass is 601 g/mol. The summed E-state index contributed by atoms with van der Waals surface area (Å²) in [6, 6.07) is 13.1. The summed E-state index contributed by atoms with van der Waals surface area (Å²) in [6.45, 7) is 3.42. The molecule has 5 nitrogen and oxygen atoms in total. The van der Waals surface area contributed by atoms with Crippen molar-refractivity contribution < 1.29 is 35.9 Å². The van der Waals surface area contributed by atoms with Gasteiger partial charge in [-0.1, -0.05) is 34.1 Å². The van der Waals surface area contributed by atoms with E-state index in [0.717, 1.165) is 16.7 Å². The average molecular weight is 602 g/mol. The minimum Gasteiger partial charge on any atom is -0.406 e. The highest BCUT2D eigenvalue weighted by atomic mass is 79.9. The zero-order valence-corrected chi connectivity index (χ0v) is 21.7. The third-order valence-electron chi connectivity index (χ3n) is 6.20. The number of hydrogen-bond acceptors (Lipinski definition) is 4. The SMILES string of the molecule is CC(C)(N[C@@H]1C[C@H](c2cccc(OC(F)(F)F)c2)N(c2ccc(Br)cc2)C1=O)c1ccc(C(F)(F)F)nc1. The van der Waals surface area contributed by atoms with Gasteiger partial charge in [0.1, 0.15) is 11.4 Å². The lowest BCUT2D eigenvalue weighted by Crippen LogP contribution is -2.47. The zero-order chi connectivity index (χ0) is 27.9. The second-order valence-electron chi connectivity index (χ2n) is 9.31. The molecule has 0 unspecified atom stereocenters. The molecule has 0 aliphatic carbocycles. The third-order valence-corrected chi connectivity index (χ3v) is 6.73. The largest absolute Gasteiger partial charge is 0.573 e. The minimum atomic E-state index is -4.88. The summed E-state index contributed by atoms with van der Waals surface area (Å²) in [5.74, 6) is -0.752. The summed E-state index contributed by atoms with van der Waals surface area (Å²) in [5.41, 5.74) is -0.599. The first-order chi connectivity index (χ1) is 17.6. The highest BCUT2D eigenvalue weighted by molar-refractivity contribution is 9.10. The van der Waals surface area contributed by atoms with Crippen LogP contribution in [0.1, 0.15) is 43.1 Å². The van der Waals surface area contributed by atoms with E-state index in [1.165, 1.54) is 29.2 Å². The minimum absolute atomic E-state index is 0.182. The van der Waals surface area contributed by atoms with E-state index in [4.69, 9.17) is 0 Å². The number of pyridine rings is 1. The molecule has 1 aliphatic heterocycles. The fraction of sp³-hybridized carbons (Fsp3) is 0.308. The molecule has 4 rings (SSSR count). The molecule has 12 heteroatoms. The van der Waals surface area contributed by atoms with Crippen molar-refractivity contribution >= 4 is 27.5 Å². The van der Waals surface area contributed by atoms with Gasteiger partial charge in [-0.25, -0.2) is 0 Å². The number of alkyl halides is 6. The lowest BCUT2D eigenvalue weighted by molar-refractivity contribution is -0.274. The molecule has 0 spiro atoms. The number of nitrogens with zero attached hydrogens (tertiary/aromatic N) is 2. The van der Waals surface area contributed by atoms with E-state index in [1.807, 2.05) is 0 Å². The number of amides is 1. The number of halogens is 7. The van der Waals surface area contributed by atoms with Crippen molar-refractivity contribution in [3.8, 4) is 5.75 Å². The number of aromatic nitrogens is 1. The molecule has 2 aromatic carbocycles. The predicted octanol–water partition coefficient (Wildman–Crippen LogP) is 7.13. The van der Waals surface area contributed by atoms with Gasteiger partial charge in [0.2, 0.25) is 5.91 Å². The first-order valence-electron chi connectivity index (χ1n) is 11.4. The zero-order valence-electron chi connectivity index (χ0n) is 20.1. The Hall–Kier alpha value is -3.12. The third kappa shape index (κ3) is 6.29. The molecule has 3 aromatic rings. The maximum absolute atomic E-state index is 13.7. The topological polar surface area (TPSA) is 54.5 Å². The average Bonchev–Trinajstić information content (AvgIpc) is 3.13. The van der Waals surface area contributed by atoms with Crippen LogP contribution in [-0.2, 0) is 16.5 Å². The van der Waals surface area contributed by atoms with Crippen LogP contribution in [0, 0.1) is 0 Å². The summed E-state index contributed by atoms with van der Waals surface area (Å²) in [7, 11) is 0. The summed E-state index contributed by atoms with van der Waals surface area (Å²) >= 11 is 3.35. The van der Waals surface area contributed by atoms with Crippen LogP contribution in [0.2, 0.25) is 0 Å². The summed E-state index contributed by atoms with van der Waals surface area (Å²) in [5, 5.41) is 3.21. The quantitative estimate of drug-likeness (QED) is 0.305. The van der Waals surface area contributed by atoms with Crippen molar-refractivity contribution in [1.29, 1.82) is 0 Å². The lowest BCUT2D eigenvalue weighted by atomic mass is 9.93. The fourth-order valence-electron chi connectivity index (χ4n) is 4.43. The van der Waals surface area contributed by atoms with E-state index in [0.29, 0.717) is 16.8 Å². The van der Waals surface area contributed by atoms with Crippen LogP contribution in [0.5, 0.6) is 5.75 Å². The molecular formula is C26H22BrF6N3O2. The van der Waals surface area contributed by atoms with E-state index < -0.39 is 41.6 Å². The van der Waals surface area contributed by atoms with Gasteiger partial charge in [0.05, 0.1) is 12.1 Å². The Balaban J connectivity index is 1.65. The van der Waals surface area contributed by atoms with Gasteiger partial charge in [0, 0.05) is 21.9 Å². The Morgan fingerprint density at radius 2 is 1.68 bits per heavy atom. The summed E-state index contributed by atoms with van der Waals surface area (Å²) < 4.78 is 82.1. The van der Waals surface area contributed by atoms with Crippen LogP contribution in [-0.4, -0.2) is 23.3 Å². The molecule has 2 heterocycles. The molecule has 1 aromatic heterocycles. The molecule has 0 saturated carbocycles. The Morgan fingerprint density at radius 1 is 1.00 bits per heavy atom. The van der Waals surface area contributed by atoms with Gasteiger partial charge in [-0.2, -0.15) is 13.2 Å². The van der Waals surface area contributed by atoms with Crippen LogP contribution in [0.15, 0.2) is 71.3 Å². The van der Waals surface area contributed by atoms with Crippen molar-refractivity contribution in [3.05, 3.63) is 88.2 Å². The Morgan fingerprint density at radius 3 is 2.26 bits per heavy atom. The number of nitrogens with one attached hydrogen (secondary N) is 1. The van der Waals surface area contributed by atoms with Gasteiger partial charge in [0.25, 0.3) is 0 Å². The molecule has 1 amide bonds. The van der Waals surface area contributed by atoms with E-state index in [-0.39, 0.29) is 12.3 Å². The number of anilines is 1. The molecule has 38 heavy (non-hydrogen) atoms. The number of carbonyl (C=O) groups is 1. The summed E-state index contributed by atoms with van der Waals surface area (Å²) in [6.07, 6.45) is -8.17. The fourth-order valence-corrected chi connectivity index (χ4v) is 4.70. The van der Waals surface area contributed by atoms with E-state index in [1.54, 1.807) is 44.2 Å². The molecule has 2 atom stereocenters. The van der Waals surface area contributed by atoms with Crippen LogP contribution < -0.4 is 15.0 Å². The normalized spacial score (nSPS) is 18.7. The van der Waals surface area contributed by atoms with Gasteiger partial charge in [-0.3, -0.25) is 15.1 Å². The van der Waals surface area contributed by atoms with Crippen LogP contribution in [0.4, 0.5) is 32.0 Å². The van der Waals surface area contributed by atoms with Crippen LogP contribution in [0.3, 0.4) is 0 Å². The second-order valence-corrected chi connectivity index (χ2v) is 10.2. The maximum atomic E-state index is 13.7. The van der Waals surface area contributed by atoms with Crippen molar-refractivity contribution in [1.82, 2.24) is 10.3 Å². The molecule has 0 bridgehead atoms. The van der Waals surface area contributed by atoms with Crippen molar-refractivity contribution in [2.75, 3.05) is 4.90 Å². The number of rotatable bonds is 6. The number of benzene rings is 2. The lowest BCUT2D eigenvalue weighted by Gasteiger charge is -2.30. The Labute approximate surface area is 222 Å². The smallest absolute Gasteiger partial charge is 0.406 e. The first kappa shape index (κ1) is 27.9. The van der Waals surface area contributed by atoms with Gasteiger partial charge in [0.15, 0.2) is 0 Å². The molecule has 1 saturated heterocycles. The Kier molecular flexibility index (Phi) is 7.50. The van der Waals surface area contributed by atoms with Crippen LogP contribution >= 0.6 is 15.9 Å². The first-order valence-corrected chi connectivity index (χ1v) is 12.2. The number of hydrogen-bond donors (Lipinski definition) is 1. The van der Waals surface area contributed by atoms with Crippen molar-refractivity contribution in [3.63, 3.8) is 0 Å². The number of carbonyl (C=O) groups excluding carboxylic acids is 1. The predicted molar refractivity (Wildman–Crippen MR) is 131 cm³/mol. The van der Waals surface area contributed by atoms with E-state index >= 15 is 0 Å².